The summed E-state index contributed by atoms with van der Waals surface area (Å²) in [6.07, 6.45) is 1.74. The van der Waals surface area contributed by atoms with Crippen LogP contribution in [0.4, 0.5) is 10.5 Å². The summed E-state index contributed by atoms with van der Waals surface area (Å²) in [7, 11) is 1.43. The van der Waals surface area contributed by atoms with Gasteiger partial charge in [0.15, 0.2) is 5.69 Å². The van der Waals surface area contributed by atoms with Crippen molar-refractivity contribution in [2.75, 3.05) is 25.6 Å². The van der Waals surface area contributed by atoms with Crippen molar-refractivity contribution in [1.82, 2.24) is 15.6 Å². The van der Waals surface area contributed by atoms with E-state index in [1.165, 1.54) is 68.6 Å². The van der Waals surface area contributed by atoms with E-state index in [0.717, 1.165) is 12.8 Å². The van der Waals surface area contributed by atoms with Gasteiger partial charge < -0.3 is 34.3 Å². The number of amidine groups is 1. The van der Waals surface area contributed by atoms with Crippen LogP contribution in [0.25, 0.3) is 17.2 Å². The first-order chi connectivity index (χ1) is 28.4. The number of benzene rings is 2. The van der Waals surface area contributed by atoms with E-state index in [2.05, 4.69) is 27.5 Å². The maximum absolute atomic E-state index is 14.1. The molecule has 0 saturated heterocycles. The number of carbonyl (C=O) groups is 6. The average molecular weight is 828 g/mol. The standard InChI is InChI=1S/C44H53N5O11/c1-9-28-22-33(40(52)47-30-16-14-29(15-17-30)39(45)49-43(55)57-20-10-11-36(50)60-44(5,6)7)32(23-35(28)56-8)31-18-19-34(41(53)46-24-27-12-13-27)48-38(31)42(54)59-26(4)58-37(51)21-25(2)3/h9,14-19,22-23,25-27H,1,10-13,20-21,24H2,2-8H3,(H,46,53)(H,47,52)(H2,45,49,55). The molecule has 2 aromatic carbocycles. The number of anilines is 1. The molecule has 1 aliphatic carbocycles. The molecule has 1 atom stereocenters. The molecule has 4 rings (SSSR count). The van der Waals surface area contributed by atoms with Gasteiger partial charge in [0.2, 0.25) is 6.29 Å². The van der Waals surface area contributed by atoms with Crippen LogP contribution in [0.1, 0.15) is 116 Å². The van der Waals surface area contributed by atoms with Gasteiger partial charge in [-0.3, -0.25) is 29.9 Å². The lowest BCUT2D eigenvalue weighted by molar-refractivity contribution is -0.166. The summed E-state index contributed by atoms with van der Waals surface area (Å²) in [6.45, 7) is 14.6. The van der Waals surface area contributed by atoms with Gasteiger partial charge >= 0.3 is 24.0 Å². The van der Waals surface area contributed by atoms with Gasteiger partial charge in [-0.15, -0.1) is 0 Å². The monoisotopic (exact) mass is 827 g/mol. The van der Waals surface area contributed by atoms with Crippen molar-refractivity contribution < 1.29 is 52.5 Å². The number of esters is 3. The van der Waals surface area contributed by atoms with E-state index in [4.69, 9.17) is 29.1 Å². The van der Waals surface area contributed by atoms with Crippen molar-refractivity contribution >= 4 is 53.4 Å². The van der Waals surface area contributed by atoms with Crippen molar-refractivity contribution in [3.63, 3.8) is 0 Å². The lowest BCUT2D eigenvalue weighted by atomic mass is 9.94. The third-order valence-corrected chi connectivity index (χ3v) is 8.68. The molecule has 60 heavy (non-hydrogen) atoms. The summed E-state index contributed by atoms with van der Waals surface area (Å²) in [5, 5.41) is 16.3. The van der Waals surface area contributed by atoms with E-state index in [-0.39, 0.29) is 65.7 Å². The van der Waals surface area contributed by atoms with E-state index >= 15 is 0 Å². The first-order valence-corrected chi connectivity index (χ1v) is 19.6. The fraction of sp³-hybridized carbons (Fsp3) is 0.409. The summed E-state index contributed by atoms with van der Waals surface area (Å²) in [5.74, 6) is -2.67. The molecule has 16 nitrogen and oxygen atoms in total. The highest BCUT2D eigenvalue weighted by molar-refractivity contribution is 6.11. The Labute approximate surface area is 349 Å². The number of rotatable bonds is 18. The predicted octanol–water partition coefficient (Wildman–Crippen LogP) is 7.06. The Bertz CT molecular complexity index is 2100. The van der Waals surface area contributed by atoms with Gasteiger partial charge in [0, 0.05) is 59.8 Å². The van der Waals surface area contributed by atoms with Gasteiger partial charge in [-0.1, -0.05) is 26.5 Å². The third kappa shape index (κ3) is 14.1. The Balaban J connectivity index is 1.56. The van der Waals surface area contributed by atoms with Crippen molar-refractivity contribution in [1.29, 1.82) is 5.41 Å². The smallest absolute Gasteiger partial charge is 0.412 e. The van der Waals surface area contributed by atoms with E-state index in [0.29, 0.717) is 35.0 Å². The van der Waals surface area contributed by atoms with Gasteiger partial charge in [0.25, 0.3) is 11.8 Å². The topological polar surface area (TPSA) is 221 Å². The number of amides is 3. The number of alkyl carbamates (subject to hydrolysis) is 1. The summed E-state index contributed by atoms with van der Waals surface area (Å²) in [6, 6.07) is 12.0. The molecule has 1 aromatic heterocycles. The highest BCUT2D eigenvalue weighted by atomic mass is 16.7. The molecule has 0 bridgehead atoms. The third-order valence-electron chi connectivity index (χ3n) is 8.68. The quantitative estimate of drug-likeness (QED) is 0.0253. The molecule has 0 spiro atoms. The summed E-state index contributed by atoms with van der Waals surface area (Å²) < 4.78 is 26.7. The van der Waals surface area contributed by atoms with E-state index < -0.39 is 47.7 Å². The lowest BCUT2D eigenvalue weighted by Crippen LogP contribution is -2.31. The Morgan fingerprint density at radius 1 is 0.933 bits per heavy atom. The number of hydrogen-bond acceptors (Lipinski definition) is 13. The second-order valence-corrected chi connectivity index (χ2v) is 15.5. The fourth-order valence-electron chi connectivity index (χ4n) is 5.65. The van der Waals surface area contributed by atoms with Crippen molar-refractivity contribution in [3.8, 4) is 16.9 Å². The first-order valence-electron chi connectivity index (χ1n) is 19.6. The van der Waals surface area contributed by atoms with Crippen LogP contribution >= 0.6 is 0 Å². The molecule has 0 radical (unpaired) electrons. The minimum atomic E-state index is -1.30. The fourth-order valence-corrected chi connectivity index (χ4v) is 5.65. The van der Waals surface area contributed by atoms with E-state index in [9.17, 15) is 28.8 Å². The molecule has 16 heteroatoms. The van der Waals surface area contributed by atoms with Gasteiger partial charge in [-0.2, -0.15) is 0 Å². The number of ether oxygens (including phenoxy) is 5. The van der Waals surface area contributed by atoms with E-state index in [1.807, 2.05) is 13.8 Å². The minimum Gasteiger partial charge on any atom is -0.496 e. The lowest BCUT2D eigenvalue weighted by Gasteiger charge is -2.19. The van der Waals surface area contributed by atoms with Gasteiger partial charge in [-0.25, -0.2) is 14.6 Å². The number of nitrogens with one attached hydrogen (secondary N) is 4. The van der Waals surface area contributed by atoms with Crippen LogP contribution in [0.15, 0.2) is 55.1 Å². The predicted molar refractivity (Wildman–Crippen MR) is 223 cm³/mol. The molecule has 3 aromatic rings. The summed E-state index contributed by atoms with van der Waals surface area (Å²) >= 11 is 0. The molecule has 1 unspecified atom stereocenters. The minimum absolute atomic E-state index is 0.00678. The number of hydrogen-bond donors (Lipinski definition) is 4. The van der Waals surface area contributed by atoms with Crippen LogP contribution in [-0.2, 0) is 28.5 Å². The molecule has 0 aliphatic heterocycles. The van der Waals surface area contributed by atoms with Gasteiger partial charge in [0.1, 0.15) is 22.9 Å². The van der Waals surface area contributed by atoms with E-state index in [1.54, 1.807) is 20.8 Å². The number of nitrogens with zero attached hydrogens (tertiary/aromatic N) is 1. The summed E-state index contributed by atoms with van der Waals surface area (Å²) in [4.78, 5) is 81.9. The molecular weight excluding hydrogens is 775 g/mol. The zero-order chi connectivity index (χ0) is 44.1. The summed E-state index contributed by atoms with van der Waals surface area (Å²) in [5.41, 5.74) is 0.446. The maximum Gasteiger partial charge on any atom is 0.412 e. The molecule has 320 valence electrons. The van der Waals surface area contributed by atoms with Crippen LogP contribution in [0.5, 0.6) is 5.75 Å². The highest BCUT2D eigenvalue weighted by Gasteiger charge is 2.28. The Morgan fingerprint density at radius 2 is 1.63 bits per heavy atom. The van der Waals surface area contributed by atoms with Crippen LogP contribution in [-0.4, -0.2) is 78.8 Å². The zero-order valence-electron chi connectivity index (χ0n) is 35.0. The molecule has 1 saturated carbocycles. The normalized spacial score (nSPS) is 12.7. The van der Waals surface area contributed by atoms with Gasteiger partial charge in [0.05, 0.1) is 13.7 Å². The maximum atomic E-state index is 14.1. The average Bonchev–Trinajstić information content (AvgIpc) is 4.01. The second-order valence-electron chi connectivity index (χ2n) is 15.5. The second kappa shape index (κ2) is 20.9. The molecule has 1 fully saturated rings. The van der Waals surface area contributed by atoms with Gasteiger partial charge in [-0.05, 0) is 100 Å². The van der Waals surface area contributed by atoms with Crippen molar-refractivity contribution in [2.45, 2.75) is 85.5 Å². The number of aromatic nitrogens is 1. The van der Waals surface area contributed by atoms with Crippen molar-refractivity contribution in [2.24, 2.45) is 11.8 Å². The largest absolute Gasteiger partial charge is 0.496 e. The Kier molecular flexibility index (Phi) is 16.1. The first kappa shape index (κ1) is 46.1. The molecule has 3 amide bonds. The molecule has 1 heterocycles. The molecular formula is C44H53N5O11. The van der Waals surface area contributed by atoms with Crippen LogP contribution in [0.2, 0.25) is 0 Å². The zero-order valence-corrected chi connectivity index (χ0v) is 35.0. The highest BCUT2D eigenvalue weighted by Crippen LogP contribution is 2.35. The number of pyridine rings is 1. The van der Waals surface area contributed by atoms with Crippen LogP contribution in [0.3, 0.4) is 0 Å². The molecule has 1 aliphatic rings. The number of carbonyl (C=O) groups excluding carboxylic acids is 6. The molecule has 4 N–H and O–H groups in total. The van der Waals surface area contributed by atoms with Crippen molar-refractivity contribution in [3.05, 3.63) is 83.2 Å². The Hall–Kier alpha value is -6.58. The SMILES string of the molecule is C=Cc1cc(C(=O)Nc2ccc(C(=N)NC(=O)OCCCC(=O)OC(C)(C)C)cc2)c(-c2ccc(C(=O)NCC3CC3)nc2C(=O)OC(C)OC(=O)CC(C)C)cc1OC. The van der Waals surface area contributed by atoms with Crippen LogP contribution < -0.4 is 20.7 Å². The van der Waals surface area contributed by atoms with Crippen LogP contribution in [0, 0.1) is 17.2 Å². The number of methoxy groups -OCH3 is 1. The Morgan fingerprint density at radius 3 is 2.25 bits per heavy atom.